The highest BCUT2D eigenvalue weighted by molar-refractivity contribution is 7.98. The standard InChI is InChI=1S/C12H24N2OS/c1-3-11(8-16-2)14-12(15)9-5-4-6-10(13)7-9/h9-11H,3-8,13H2,1-2H3,(H,14,15). The van der Waals surface area contributed by atoms with Crippen LogP contribution in [-0.2, 0) is 4.79 Å². The first-order chi connectivity index (χ1) is 7.67. The summed E-state index contributed by atoms with van der Waals surface area (Å²) in [6, 6.07) is 0.547. The van der Waals surface area contributed by atoms with Crippen LogP contribution in [0, 0.1) is 5.92 Å². The first kappa shape index (κ1) is 13.8. The van der Waals surface area contributed by atoms with E-state index in [1.165, 1.54) is 0 Å². The summed E-state index contributed by atoms with van der Waals surface area (Å²) in [4.78, 5) is 12.0. The lowest BCUT2D eigenvalue weighted by Crippen LogP contribution is -2.43. The maximum Gasteiger partial charge on any atom is 0.223 e. The van der Waals surface area contributed by atoms with Gasteiger partial charge in [0, 0.05) is 23.8 Å². The summed E-state index contributed by atoms with van der Waals surface area (Å²) < 4.78 is 0. The van der Waals surface area contributed by atoms with Gasteiger partial charge in [-0.1, -0.05) is 13.3 Å². The first-order valence-corrected chi connectivity index (χ1v) is 7.61. The molecule has 3 atom stereocenters. The Kier molecular flexibility index (Phi) is 6.21. The number of thioether (sulfide) groups is 1. The average molecular weight is 244 g/mol. The van der Waals surface area contributed by atoms with Gasteiger partial charge in [-0.2, -0.15) is 11.8 Å². The Morgan fingerprint density at radius 2 is 2.31 bits per heavy atom. The minimum Gasteiger partial charge on any atom is -0.352 e. The van der Waals surface area contributed by atoms with Crippen LogP contribution >= 0.6 is 11.8 Å². The van der Waals surface area contributed by atoms with Gasteiger partial charge in [0.1, 0.15) is 0 Å². The third-order valence-electron chi connectivity index (χ3n) is 3.29. The number of rotatable bonds is 5. The molecular weight excluding hydrogens is 220 g/mol. The van der Waals surface area contributed by atoms with Crippen molar-refractivity contribution in [3.8, 4) is 0 Å². The van der Waals surface area contributed by atoms with Gasteiger partial charge in [0.05, 0.1) is 0 Å². The van der Waals surface area contributed by atoms with Crippen molar-refractivity contribution in [2.24, 2.45) is 11.7 Å². The molecule has 0 radical (unpaired) electrons. The maximum atomic E-state index is 12.0. The molecule has 1 saturated carbocycles. The molecule has 16 heavy (non-hydrogen) atoms. The highest BCUT2D eigenvalue weighted by Gasteiger charge is 2.26. The molecule has 1 amide bonds. The molecule has 0 heterocycles. The molecule has 0 aromatic heterocycles. The minimum atomic E-state index is 0.152. The molecular formula is C12H24N2OS. The van der Waals surface area contributed by atoms with Gasteiger partial charge in [-0.05, 0) is 31.9 Å². The largest absolute Gasteiger partial charge is 0.352 e. The van der Waals surface area contributed by atoms with Crippen molar-refractivity contribution in [3.63, 3.8) is 0 Å². The van der Waals surface area contributed by atoms with Crippen LogP contribution in [0.1, 0.15) is 39.0 Å². The van der Waals surface area contributed by atoms with E-state index < -0.39 is 0 Å². The quantitative estimate of drug-likeness (QED) is 0.775. The molecule has 1 fully saturated rings. The smallest absolute Gasteiger partial charge is 0.223 e. The molecule has 3 N–H and O–H groups in total. The average Bonchev–Trinajstić information content (AvgIpc) is 2.28. The van der Waals surface area contributed by atoms with Crippen molar-refractivity contribution in [3.05, 3.63) is 0 Å². The molecule has 3 unspecified atom stereocenters. The van der Waals surface area contributed by atoms with Crippen LogP contribution in [0.15, 0.2) is 0 Å². The van der Waals surface area contributed by atoms with Crippen molar-refractivity contribution in [1.29, 1.82) is 0 Å². The lowest BCUT2D eigenvalue weighted by molar-refractivity contribution is -0.126. The monoisotopic (exact) mass is 244 g/mol. The molecule has 94 valence electrons. The Morgan fingerprint density at radius 3 is 2.88 bits per heavy atom. The lowest BCUT2D eigenvalue weighted by Gasteiger charge is -2.27. The second-order valence-corrected chi connectivity index (χ2v) is 5.60. The molecule has 3 nitrogen and oxygen atoms in total. The zero-order chi connectivity index (χ0) is 12.0. The van der Waals surface area contributed by atoms with Gasteiger partial charge < -0.3 is 11.1 Å². The molecule has 0 aromatic carbocycles. The van der Waals surface area contributed by atoms with Gasteiger partial charge in [0.2, 0.25) is 5.91 Å². The molecule has 1 rings (SSSR count). The molecule has 4 heteroatoms. The fourth-order valence-electron chi connectivity index (χ4n) is 2.25. The number of amides is 1. The first-order valence-electron chi connectivity index (χ1n) is 6.22. The van der Waals surface area contributed by atoms with Gasteiger partial charge in [0.25, 0.3) is 0 Å². The molecule has 1 aliphatic carbocycles. The zero-order valence-electron chi connectivity index (χ0n) is 10.4. The van der Waals surface area contributed by atoms with Crippen LogP contribution in [0.25, 0.3) is 0 Å². The van der Waals surface area contributed by atoms with E-state index in [4.69, 9.17) is 5.73 Å². The van der Waals surface area contributed by atoms with Crippen molar-refractivity contribution in [2.45, 2.75) is 51.1 Å². The van der Waals surface area contributed by atoms with Crippen LogP contribution in [0.5, 0.6) is 0 Å². The van der Waals surface area contributed by atoms with Crippen molar-refractivity contribution >= 4 is 17.7 Å². The molecule has 0 aliphatic heterocycles. The molecule has 0 bridgehead atoms. The van der Waals surface area contributed by atoms with E-state index in [0.717, 1.165) is 37.9 Å². The summed E-state index contributed by atoms with van der Waals surface area (Å²) in [5.74, 6) is 1.37. The summed E-state index contributed by atoms with van der Waals surface area (Å²) in [7, 11) is 0. The minimum absolute atomic E-state index is 0.152. The van der Waals surface area contributed by atoms with E-state index in [2.05, 4.69) is 18.5 Å². The maximum absolute atomic E-state index is 12.0. The van der Waals surface area contributed by atoms with Gasteiger partial charge in [-0.25, -0.2) is 0 Å². The van der Waals surface area contributed by atoms with Crippen molar-refractivity contribution in [1.82, 2.24) is 5.32 Å². The number of nitrogens with two attached hydrogens (primary N) is 1. The molecule has 0 saturated heterocycles. The van der Waals surface area contributed by atoms with Crippen LogP contribution in [0.2, 0.25) is 0 Å². The van der Waals surface area contributed by atoms with Gasteiger partial charge in [-0.15, -0.1) is 0 Å². The predicted octanol–water partition coefficient (Wildman–Crippen LogP) is 1.76. The molecule has 0 spiro atoms. The summed E-state index contributed by atoms with van der Waals surface area (Å²) in [5, 5.41) is 3.14. The Balaban J connectivity index is 2.37. The number of carbonyl (C=O) groups excluding carboxylic acids is 1. The molecule has 0 aromatic rings. The lowest BCUT2D eigenvalue weighted by atomic mass is 9.85. The van der Waals surface area contributed by atoms with Crippen LogP contribution in [0.3, 0.4) is 0 Å². The summed E-state index contributed by atoms with van der Waals surface area (Å²) >= 11 is 1.78. The highest BCUT2D eigenvalue weighted by Crippen LogP contribution is 2.23. The second kappa shape index (κ2) is 7.17. The van der Waals surface area contributed by atoms with E-state index in [1.54, 1.807) is 11.8 Å². The van der Waals surface area contributed by atoms with E-state index in [9.17, 15) is 4.79 Å². The summed E-state index contributed by atoms with van der Waals surface area (Å²) in [5.41, 5.74) is 5.90. The van der Waals surface area contributed by atoms with Crippen molar-refractivity contribution in [2.75, 3.05) is 12.0 Å². The van der Waals surface area contributed by atoms with Crippen LogP contribution < -0.4 is 11.1 Å². The Labute approximate surface area is 103 Å². The normalized spacial score (nSPS) is 27.4. The fraction of sp³-hybridized carbons (Fsp3) is 0.917. The number of nitrogens with one attached hydrogen (secondary N) is 1. The third-order valence-corrected chi connectivity index (χ3v) is 4.03. The third kappa shape index (κ3) is 4.34. The Morgan fingerprint density at radius 1 is 1.56 bits per heavy atom. The van der Waals surface area contributed by atoms with E-state index in [0.29, 0.717) is 6.04 Å². The predicted molar refractivity (Wildman–Crippen MR) is 70.5 cm³/mol. The van der Waals surface area contributed by atoms with Gasteiger partial charge >= 0.3 is 0 Å². The fourth-order valence-corrected chi connectivity index (χ4v) is 2.97. The van der Waals surface area contributed by atoms with Gasteiger partial charge in [-0.3, -0.25) is 4.79 Å². The van der Waals surface area contributed by atoms with Crippen molar-refractivity contribution < 1.29 is 4.79 Å². The Hall–Kier alpha value is -0.220. The molecule has 1 aliphatic rings. The van der Waals surface area contributed by atoms with E-state index >= 15 is 0 Å². The van der Waals surface area contributed by atoms with E-state index in [-0.39, 0.29) is 17.9 Å². The van der Waals surface area contributed by atoms with Crippen LogP contribution in [0.4, 0.5) is 0 Å². The number of hydrogen-bond acceptors (Lipinski definition) is 3. The zero-order valence-corrected chi connectivity index (χ0v) is 11.2. The van der Waals surface area contributed by atoms with Crippen LogP contribution in [-0.4, -0.2) is 30.0 Å². The number of carbonyl (C=O) groups is 1. The summed E-state index contributed by atoms with van der Waals surface area (Å²) in [6.07, 6.45) is 7.12. The SMILES string of the molecule is CCC(CSC)NC(=O)C1CCCC(N)C1. The Bertz CT molecular complexity index is 223. The summed E-state index contributed by atoms with van der Waals surface area (Å²) in [6.45, 7) is 2.12. The number of hydrogen-bond donors (Lipinski definition) is 2. The van der Waals surface area contributed by atoms with E-state index in [1.807, 2.05) is 0 Å². The highest BCUT2D eigenvalue weighted by atomic mass is 32.2. The second-order valence-electron chi connectivity index (χ2n) is 4.69. The topological polar surface area (TPSA) is 55.1 Å². The van der Waals surface area contributed by atoms with Gasteiger partial charge in [0.15, 0.2) is 0 Å².